The van der Waals surface area contributed by atoms with Crippen LogP contribution in [0, 0.1) is 5.92 Å². The quantitative estimate of drug-likeness (QED) is 0.731. The van der Waals surface area contributed by atoms with Crippen LogP contribution in [0.15, 0.2) is 0 Å². The Morgan fingerprint density at radius 2 is 1.93 bits per heavy atom. The van der Waals surface area contributed by atoms with Crippen molar-refractivity contribution >= 4 is 12.4 Å². The lowest BCUT2D eigenvalue weighted by molar-refractivity contribution is -0.111. The zero-order valence-electron chi connectivity index (χ0n) is 10.2. The third-order valence-corrected chi connectivity index (χ3v) is 1.72. The fourth-order valence-electron chi connectivity index (χ4n) is 1.18. The first-order chi connectivity index (χ1) is 6.74. The molecule has 4 heteroatoms. The van der Waals surface area contributed by atoms with Crippen molar-refractivity contribution in [2.45, 2.75) is 52.7 Å². The predicted octanol–water partition coefficient (Wildman–Crippen LogP) is 2.12. The van der Waals surface area contributed by atoms with E-state index in [0.29, 0.717) is 6.42 Å². The van der Waals surface area contributed by atoms with Gasteiger partial charge >= 0.3 is 6.09 Å². The average Bonchev–Trinajstić information content (AvgIpc) is 1.99. The van der Waals surface area contributed by atoms with Crippen LogP contribution in [0.4, 0.5) is 4.79 Å². The lowest BCUT2D eigenvalue weighted by Gasteiger charge is -2.22. The van der Waals surface area contributed by atoms with Crippen molar-refractivity contribution in [1.82, 2.24) is 5.32 Å². The fourth-order valence-corrected chi connectivity index (χ4v) is 1.18. The second kappa shape index (κ2) is 5.73. The molecule has 1 amide bonds. The normalized spacial score (nSPS) is 15.3. The highest BCUT2D eigenvalue weighted by Crippen LogP contribution is 2.08. The Labute approximate surface area is 91.4 Å². The third-order valence-electron chi connectivity index (χ3n) is 1.72. The Morgan fingerprint density at radius 3 is 2.33 bits per heavy atom. The summed E-state index contributed by atoms with van der Waals surface area (Å²) in [6.45, 7) is 9.10. The Bertz CT molecular complexity index is 220. The minimum atomic E-state index is -0.486. The average molecular weight is 215 g/mol. The number of hydrogen-bond acceptors (Lipinski definition) is 3. The fraction of sp³-hybridized carbons (Fsp3) is 0.818. The van der Waals surface area contributed by atoms with E-state index >= 15 is 0 Å². The molecule has 0 spiro atoms. The van der Waals surface area contributed by atoms with Crippen molar-refractivity contribution in [2.24, 2.45) is 5.92 Å². The molecule has 15 heavy (non-hydrogen) atoms. The molecular formula is C11H21NO3. The van der Waals surface area contributed by atoms with E-state index in [-0.39, 0.29) is 12.0 Å². The highest BCUT2D eigenvalue weighted by atomic mass is 16.6. The van der Waals surface area contributed by atoms with Crippen LogP contribution >= 0.6 is 0 Å². The first-order valence-electron chi connectivity index (χ1n) is 5.19. The molecule has 0 aromatic heterocycles. The van der Waals surface area contributed by atoms with E-state index < -0.39 is 11.7 Å². The molecule has 0 rings (SSSR count). The van der Waals surface area contributed by atoms with Crippen molar-refractivity contribution in [2.75, 3.05) is 0 Å². The molecule has 0 aliphatic carbocycles. The molecule has 0 aliphatic heterocycles. The van der Waals surface area contributed by atoms with Gasteiger partial charge < -0.3 is 14.8 Å². The monoisotopic (exact) mass is 215 g/mol. The van der Waals surface area contributed by atoms with Gasteiger partial charge in [-0.05, 0) is 34.1 Å². The van der Waals surface area contributed by atoms with Gasteiger partial charge in [0.2, 0.25) is 0 Å². The standard InChI is InChI=1S/C11H21NO3/c1-8(7-13)6-9(2)12-10(14)15-11(3,4)5/h7-9H,6H2,1-5H3,(H,12,14)/t8-,9?/m0/s1. The summed E-state index contributed by atoms with van der Waals surface area (Å²) >= 11 is 0. The number of nitrogens with one attached hydrogen (secondary N) is 1. The maximum atomic E-state index is 11.3. The SMILES string of the molecule is CC(C[C@H](C)C=O)NC(=O)OC(C)(C)C. The van der Waals surface area contributed by atoms with Gasteiger partial charge in [0.1, 0.15) is 11.9 Å². The summed E-state index contributed by atoms with van der Waals surface area (Å²) in [7, 11) is 0. The smallest absolute Gasteiger partial charge is 0.407 e. The maximum absolute atomic E-state index is 11.3. The van der Waals surface area contributed by atoms with Gasteiger partial charge in [-0.2, -0.15) is 0 Å². The minimum absolute atomic E-state index is 0.0464. The highest BCUT2D eigenvalue weighted by molar-refractivity contribution is 5.68. The molecule has 0 fully saturated rings. The van der Waals surface area contributed by atoms with Gasteiger partial charge in [-0.1, -0.05) is 6.92 Å². The van der Waals surface area contributed by atoms with E-state index in [1.165, 1.54) is 0 Å². The van der Waals surface area contributed by atoms with Crippen molar-refractivity contribution in [1.29, 1.82) is 0 Å². The summed E-state index contributed by atoms with van der Waals surface area (Å²) in [6, 6.07) is -0.0555. The Hall–Kier alpha value is -1.06. The van der Waals surface area contributed by atoms with E-state index in [0.717, 1.165) is 6.29 Å². The zero-order chi connectivity index (χ0) is 12.1. The lowest BCUT2D eigenvalue weighted by atomic mass is 10.1. The largest absolute Gasteiger partial charge is 0.444 e. The molecule has 1 N–H and O–H groups in total. The van der Waals surface area contributed by atoms with Gasteiger partial charge in [0.25, 0.3) is 0 Å². The van der Waals surface area contributed by atoms with Gasteiger partial charge in [0.05, 0.1) is 0 Å². The van der Waals surface area contributed by atoms with E-state index in [9.17, 15) is 9.59 Å². The summed E-state index contributed by atoms with van der Waals surface area (Å²) in [5.74, 6) is -0.0464. The molecule has 0 aromatic rings. The molecule has 4 nitrogen and oxygen atoms in total. The summed E-state index contributed by atoms with van der Waals surface area (Å²) in [4.78, 5) is 21.7. The number of carbonyl (C=O) groups is 2. The van der Waals surface area contributed by atoms with Crippen LogP contribution < -0.4 is 5.32 Å². The second-order valence-corrected chi connectivity index (χ2v) is 4.90. The summed E-state index contributed by atoms with van der Waals surface area (Å²) < 4.78 is 5.09. The number of hydrogen-bond donors (Lipinski definition) is 1. The Kier molecular flexibility index (Phi) is 5.33. The maximum Gasteiger partial charge on any atom is 0.407 e. The Balaban J connectivity index is 3.91. The molecule has 88 valence electrons. The van der Waals surface area contributed by atoms with Crippen LogP contribution in [-0.2, 0) is 9.53 Å². The second-order valence-electron chi connectivity index (χ2n) is 4.90. The van der Waals surface area contributed by atoms with Crippen molar-refractivity contribution < 1.29 is 14.3 Å². The van der Waals surface area contributed by atoms with E-state index in [2.05, 4.69) is 5.32 Å². The molecule has 0 saturated heterocycles. The number of ether oxygens (including phenoxy) is 1. The van der Waals surface area contributed by atoms with Crippen LogP contribution in [0.2, 0.25) is 0 Å². The zero-order valence-corrected chi connectivity index (χ0v) is 10.2. The van der Waals surface area contributed by atoms with Crippen molar-refractivity contribution in [3.63, 3.8) is 0 Å². The molecule has 2 atom stereocenters. The number of rotatable bonds is 4. The van der Waals surface area contributed by atoms with E-state index in [4.69, 9.17) is 4.74 Å². The lowest BCUT2D eigenvalue weighted by Crippen LogP contribution is -2.38. The van der Waals surface area contributed by atoms with E-state index in [1.807, 2.05) is 34.6 Å². The number of alkyl carbamates (subject to hydrolysis) is 1. The Morgan fingerprint density at radius 1 is 1.40 bits per heavy atom. The third kappa shape index (κ3) is 7.97. The van der Waals surface area contributed by atoms with Gasteiger partial charge in [-0.25, -0.2) is 4.79 Å². The van der Waals surface area contributed by atoms with Gasteiger partial charge in [0, 0.05) is 12.0 Å². The molecule has 0 radical (unpaired) electrons. The van der Waals surface area contributed by atoms with Crippen LogP contribution in [0.1, 0.15) is 41.0 Å². The van der Waals surface area contributed by atoms with Crippen molar-refractivity contribution in [3.05, 3.63) is 0 Å². The first kappa shape index (κ1) is 13.9. The molecule has 0 aromatic carbocycles. The molecule has 0 aliphatic rings. The van der Waals surface area contributed by atoms with E-state index in [1.54, 1.807) is 0 Å². The summed E-state index contributed by atoms with van der Waals surface area (Å²) in [5.41, 5.74) is -0.486. The molecule has 0 heterocycles. The van der Waals surface area contributed by atoms with Crippen LogP contribution in [-0.4, -0.2) is 24.0 Å². The van der Waals surface area contributed by atoms with Gasteiger partial charge in [-0.15, -0.1) is 0 Å². The highest BCUT2D eigenvalue weighted by Gasteiger charge is 2.18. The number of aldehydes is 1. The predicted molar refractivity (Wildman–Crippen MR) is 58.7 cm³/mol. The number of carbonyl (C=O) groups excluding carboxylic acids is 2. The van der Waals surface area contributed by atoms with Gasteiger partial charge in [0.15, 0.2) is 0 Å². The van der Waals surface area contributed by atoms with Crippen LogP contribution in [0.3, 0.4) is 0 Å². The summed E-state index contributed by atoms with van der Waals surface area (Å²) in [6.07, 6.45) is 1.07. The van der Waals surface area contributed by atoms with Crippen LogP contribution in [0.25, 0.3) is 0 Å². The van der Waals surface area contributed by atoms with Crippen LogP contribution in [0.5, 0.6) is 0 Å². The minimum Gasteiger partial charge on any atom is -0.444 e. The molecule has 1 unspecified atom stereocenters. The van der Waals surface area contributed by atoms with Gasteiger partial charge in [-0.3, -0.25) is 0 Å². The molecule has 0 saturated carbocycles. The molecular weight excluding hydrogens is 194 g/mol. The number of amides is 1. The summed E-state index contributed by atoms with van der Waals surface area (Å²) in [5, 5.41) is 2.68. The van der Waals surface area contributed by atoms with Crippen molar-refractivity contribution in [3.8, 4) is 0 Å². The topological polar surface area (TPSA) is 55.4 Å². The molecule has 0 bridgehead atoms. The first-order valence-corrected chi connectivity index (χ1v) is 5.19.